The van der Waals surface area contributed by atoms with Crippen LogP contribution in [0.15, 0.2) is 22.7 Å². The minimum atomic E-state index is -0.912. The Morgan fingerprint density at radius 1 is 1.32 bits per heavy atom. The number of piperidine rings is 1. The van der Waals surface area contributed by atoms with Crippen LogP contribution in [-0.2, 0) is 0 Å². The Balaban J connectivity index is 1.91. The molecule has 0 atom stereocenters. The van der Waals surface area contributed by atoms with Gasteiger partial charge in [-0.25, -0.2) is 9.78 Å². The first-order chi connectivity index (χ1) is 10.6. The highest BCUT2D eigenvalue weighted by Crippen LogP contribution is 2.35. The first-order valence-corrected chi connectivity index (χ1v) is 8.93. The number of halogens is 1. The summed E-state index contributed by atoms with van der Waals surface area (Å²) in [6.07, 6.45) is 3.78. The predicted octanol–water partition coefficient (Wildman–Crippen LogP) is 4.57. The van der Waals surface area contributed by atoms with Crippen molar-refractivity contribution in [1.82, 2.24) is 4.98 Å². The number of aromatic nitrogens is 1. The van der Waals surface area contributed by atoms with Gasteiger partial charge in [-0.3, -0.25) is 0 Å². The van der Waals surface area contributed by atoms with Crippen LogP contribution in [-0.4, -0.2) is 29.1 Å². The van der Waals surface area contributed by atoms with Gasteiger partial charge in [-0.05, 0) is 60.3 Å². The largest absolute Gasteiger partial charge is 0.477 e. The molecule has 0 saturated carbocycles. The number of carboxylic acid groups (broad SMARTS) is 1. The van der Waals surface area contributed by atoms with Crippen LogP contribution in [0.3, 0.4) is 0 Å². The van der Waals surface area contributed by atoms with Gasteiger partial charge in [-0.1, -0.05) is 0 Å². The van der Waals surface area contributed by atoms with E-state index in [0.717, 1.165) is 28.1 Å². The molecular formula is C16H17BrN2O2S. The zero-order valence-electron chi connectivity index (χ0n) is 12.3. The molecular weight excluding hydrogens is 364 g/mol. The summed E-state index contributed by atoms with van der Waals surface area (Å²) in [6.45, 7) is 3.93. The fourth-order valence-electron chi connectivity index (χ4n) is 2.75. The molecule has 0 amide bonds. The average molecular weight is 381 g/mol. The highest BCUT2D eigenvalue weighted by molar-refractivity contribution is 9.10. The molecule has 0 spiro atoms. The summed E-state index contributed by atoms with van der Waals surface area (Å²) in [6, 6.07) is 6.16. The third-order valence-electron chi connectivity index (χ3n) is 3.88. The lowest BCUT2D eigenvalue weighted by molar-refractivity contribution is 0.0701. The standard InChI is InChI=1S/C16H17BrN2O2S/c1-10-14(16(20)21)22-15(18-10)11-5-6-13(12(17)9-11)19-7-3-2-4-8-19/h5-6,9H,2-4,7-8H2,1H3,(H,20,21). The van der Waals surface area contributed by atoms with Crippen LogP contribution in [0.4, 0.5) is 5.69 Å². The lowest BCUT2D eigenvalue weighted by Crippen LogP contribution is -2.29. The average Bonchev–Trinajstić information content (AvgIpc) is 2.90. The van der Waals surface area contributed by atoms with Crippen molar-refractivity contribution in [3.63, 3.8) is 0 Å². The van der Waals surface area contributed by atoms with Crippen molar-refractivity contribution >= 4 is 38.9 Å². The van der Waals surface area contributed by atoms with Gasteiger partial charge in [-0.2, -0.15) is 0 Å². The Labute approximate surface area is 141 Å². The second kappa shape index (κ2) is 6.38. The maximum absolute atomic E-state index is 11.1. The number of nitrogens with zero attached hydrogens (tertiary/aromatic N) is 2. The van der Waals surface area contributed by atoms with Crippen LogP contribution in [0.2, 0.25) is 0 Å². The van der Waals surface area contributed by atoms with Gasteiger partial charge < -0.3 is 10.0 Å². The number of anilines is 1. The Hall–Kier alpha value is -1.40. The van der Waals surface area contributed by atoms with Crippen LogP contribution in [0.25, 0.3) is 10.6 Å². The predicted molar refractivity (Wildman–Crippen MR) is 93.0 cm³/mol. The van der Waals surface area contributed by atoms with Crippen LogP contribution in [0.1, 0.15) is 34.6 Å². The van der Waals surface area contributed by atoms with Gasteiger partial charge in [0.1, 0.15) is 9.88 Å². The maximum atomic E-state index is 11.1. The number of aromatic carboxylic acids is 1. The molecule has 0 bridgehead atoms. The number of thiazole rings is 1. The molecule has 0 radical (unpaired) electrons. The van der Waals surface area contributed by atoms with Crippen molar-refractivity contribution in [1.29, 1.82) is 0 Å². The quantitative estimate of drug-likeness (QED) is 0.846. The molecule has 2 aromatic rings. The number of hydrogen-bond acceptors (Lipinski definition) is 4. The van der Waals surface area contributed by atoms with E-state index < -0.39 is 5.97 Å². The first-order valence-electron chi connectivity index (χ1n) is 7.32. The van der Waals surface area contributed by atoms with Gasteiger partial charge in [0.15, 0.2) is 0 Å². The van der Waals surface area contributed by atoms with Crippen LogP contribution >= 0.6 is 27.3 Å². The van der Waals surface area contributed by atoms with Gasteiger partial charge in [0, 0.05) is 23.1 Å². The number of benzene rings is 1. The zero-order valence-corrected chi connectivity index (χ0v) is 14.7. The smallest absolute Gasteiger partial charge is 0.347 e. The molecule has 1 aromatic heterocycles. The summed E-state index contributed by atoms with van der Waals surface area (Å²) in [5.74, 6) is -0.912. The zero-order chi connectivity index (χ0) is 15.7. The Kier molecular flexibility index (Phi) is 4.49. The summed E-state index contributed by atoms with van der Waals surface area (Å²) < 4.78 is 1.04. The maximum Gasteiger partial charge on any atom is 0.347 e. The Bertz CT molecular complexity index is 708. The van der Waals surface area contributed by atoms with Crippen molar-refractivity contribution < 1.29 is 9.90 Å². The molecule has 1 fully saturated rings. The first kappa shape index (κ1) is 15.5. The molecule has 1 aliphatic heterocycles. The van der Waals surface area contributed by atoms with Crippen molar-refractivity contribution in [3.8, 4) is 10.6 Å². The van der Waals surface area contributed by atoms with E-state index in [-0.39, 0.29) is 0 Å². The second-order valence-corrected chi connectivity index (χ2v) is 7.31. The number of carboxylic acids is 1. The topological polar surface area (TPSA) is 53.4 Å². The molecule has 4 nitrogen and oxygen atoms in total. The summed E-state index contributed by atoms with van der Waals surface area (Å²) in [5.41, 5.74) is 2.73. The van der Waals surface area contributed by atoms with Crippen molar-refractivity contribution in [3.05, 3.63) is 33.2 Å². The van der Waals surface area contributed by atoms with Crippen LogP contribution in [0.5, 0.6) is 0 Å². The molecule has 2 heterocycles. The fraction of sp³-hybridized carbons (Fsp3) is 0.375. The summed E-state index contributed by atoms with van der Waals surface area (Å²) in [4.78, 5) is 18.2. The van der Waals surface area contributed by atoms with E-state index in [4.69, 9.17) is 5.11 Å². The van der Waals surface area contributed by atoms with Gasteiger partial charge in [0.2, 0.25) is 0 Å². The molecule has 1 aromatic carbocycles. The normalized spacial score (nSPS) is 15.1. The van der Waals surface area contributed by atoms with Crippen molar-refractivity contribution in [2.75, 3.05) is 18.0 Å². The minimum absolute atomic E-state index is 0.311. The van der Waals surface area contributed by atoms with E-state index in [1.54, 1.807) is 6.92 Å². The number of aryl methyl sites for hydroxylation is 1. The van der Waals surface area contributed by atoms with Gasteiger partial charge in [0.25, 0.3) is 0 Å². The Morgan fingerprint density at radius 2 is 2.05 bits per heavy atom. The number of rotatable bonds is 3. The van der Waals surface area contributed by atoms with Gasteiger partial charge in [-0.15, -0.1) is 11.3 Å². The second-order valence-electron chi connectivity index (χ2n) is 5.45. The summed E-state index contributed by atoms with van der Waals surface area (Å²) in [7, 11) is 0. The van der Waals surface area contributed by atoms with E-state index in [2.05, 4.69) is 31.9 Å². The van der Waals surface area contributed by atoms with E-state index in [1.165, 1.54) is 36.3 Å². The lowest BCUT2D eigenvalue weighted by atomic mass is 10.1. The summed E-state index contributed by atoms with van der Waals surface area (Å²) >= 11 is 4.88. The molecule has 0 aliphatic carbocycles. The molecule has 22 heavy (non-hydrogen) atoms. The molecule has 1 N–H and O–H groups in total. The monoisotopic (exact) mass is 380 g/mol. The fourth-order valence-corrected chi connectivity index (χ4v) is 4.28. The van der Waals surface area contributed by atoms with E-state index >= 15 is 0 Å². The van der Waals surface area contributed by atoms with Crippen LogP contribution < -0.4 is 4.90 Å². The molecule has 1 saturated heterocycles. The molecule has 116 valence electrons. The number of carbonyl (C=O) groups is 1. The van der Waals surface area contributed by atoms with E-state index in [1.807, 2.05) is 12.1 Å². The van der Waals surface area contributed by atoms with Crippen molar-refractivity contribution in [2.45, 2.75) is 26.2 Å². The van der Waals surface area contributed by atoms with Gasteiger partial charge in [0.05, 0.1) is 11.4 Å². The third kappa shape index (κ3) is 3.03. The van der Waals surface area contributed by atoms with Gasteiger partial charge >= 0.3 is 5.97 Å². The highest BCUT2D eigenvalue weighted by atomic mass is 79.9. The van der Waals surface area contributed by atoms with E-state index in [0.29, 0.717) is 10.6 Å². The minimum Gasteiger partial charge on any atom is -0.477 e. The van der Waals surface area contributed by atoms with Crippen LogP contribution in [0, 0.1) is 6.92 Å². The molecule has 3 rings (SSSR count). The summed E-state index contributed by atoms with van der Waals surface area (Å²) in [5, 5.41) is 9.90. The molecule has 1 aliphatic rings. The third-order valence-corrected chi connectivity index (χ3v) is 5.71. The SMILES string of the molecule is Cc1nc(-c2ccc(N3CCCCC3)c(Br)c2)sc1C(=O)O. The van der Waals surface area contributed by atoms with E-state index in [9.17, 15) is 4.79 Å². The Morgan fingerprint density at radius 3 is 2.64 bits per heavy atom. The molecule has 0 unspecified atom stereocenters. The van der Waals surface area contributed by atoms with Crippen molar-refractivity contribution in [2.24, 2.45) is 0 Å². The highest BCUT2D eigenvalue weighted by Gasteiger charge is 2.17. The molecule has 6 heteroatoms. The number of hydrogen-bond donors (Lipinski definition) is 1. The lowest BCUT2D eigenvalue weighted by Gasteiger charge is -2.29.